The zero-order chi connectivity index (χ0) is 23.9. The molecule has 1 fully saturated rings. The number of rotatable bonds is 4. The van der Waals surface area contributed by atoms with Crippen molar-refractivity contribution in [3.63, 3.8) is 0 Å². The molecule has 0 bridgehead atoms. The van der Waals surface area contributed by atoms with Crippen LogP contribution in [-0.4, -0.2) is 34.9 Å². The Morgan fingerprint density at radius 3 is 2.39 bits per heavy atom. The number of methoxy groups -OCH3 is 1. The average molecular weight is 487 g/mol. The molecule has 168 valence electrons. The van der Waals surface area contributed by atoms with Gasteiger partial charge in [-0.15, -0.1) is 0 Å². The van der Waals surface area contributed by atoms with E-state index in [1.807, 2.05) is 0 Å². The number of nitrogens with zero attached hydrogens (tertiary/aromatic N) is 2. The van der Waals surface area contributed by atoms with Gasteiger partial charge >= 0.3 is 11.9 Å². The Bertz CT molecular complexity index is 1300. The van der Waals surface area contributed by atoms with Crippen LogP contribution in [0.1, 0.15) is 32.5 Å². The molecule has 1 saturated heterocycles. The third-order valence-corrected chi connectivity index (χ3v) is 6.50. The fourth-order valence-electron chi connectivity index (χ4n) is 3.52. The van der Waals surface area contributed by atoms with E-state index in [2.05, 4.69) is 4.98 Å². The number of amides is 1. The molecule has 2 heterocycles. The van der Waals surface area contributed by atoms with Gasteiger partial charge in [0, 0.05) is 10.6 Å². The standard InChI is InChI=1S/C23H16ClFN2O5S/c1-11-20(22(31)32-2)33-23(26-11)27-17(12-5-9-15(25)10-6-12)16(19(29)21(27)30)18(28)13-3-7-14(24)8-4-13/h3-10,17,28H,1-2H3/b18-16-. The summed E-state index contributed by atoms with van der Waals surface area (Å²) in [6, 6.07) is 10.2. The largest absolute Gasteiger partial charge is 0.507 e. The maximum atomic E-state index is 13.6. The highest BCUT2D eigenvalue weighted by atomic mass is 35.5. The molecule has 0 radical (unpaired) electrons. The van der Waals surface area contributed by atoms with Crippen LogP contribution in [0.25, 0.3) is 5.76 Å². The Labute approximate surface area is 196 Å². The van der Waals surface area contributed by atoms with Crippen molar-refractivity contribution >= 4 is 51.5 Å². The molecule has 0 spiro atoms. The summed E-state index contributed by atoms with van der Waals surface area (Å²) in [5.74, 6) is -3.43. The van der Waals surface area contributed by atoms with E-state index in [1.54, 1.807) is 6.92 Å². The first-order chi connectivity index (χ1) is 15.7. The van der Waals surface area contributed by atoms with Crippen LogP contribution in [0.5, 0.6) is 0 Å². The minimum atomic E-state index is -1.10. The third kappa shape index (κ3) is 4.01. The lowest BCUT2D eigenvalue weighted by molar-refractivity contribution is -0.132. The lowest BCUT2D eigenvalue weighted by atomic mass is 9.95. The summed E-state index contributed by atoms with van der Waals surface area (Å²) in [5, 5.41) is 11.5. The second-order valence-electron chi connectivity index (χ2n) is 7.13. The van der Waals surface area contributed by atoms with Gasteiger partial charge < -0.3 is 9.84 Å². The highest BCUT2D eigenvalue weighted by molar-refractivity contribution is 7.17. The quantitative estimate of drug-likeness (QED) is 0.249. The predicted molar refractivity (Wildman–Crippen MR) is 121 cm³/mol. The van der Waals surface area contributed by atoms with E-state index in [1.165, 1.54) is 55.6 Å². The number of aromatic nitrogens is 1. The summed E-state index contributed by atoms with van der Waals surface area (Å²) >= 11 is 6.80. The number of carbonyl (C=O) groups is 3. The number of anilines is 1. The lowest BCUT2D eigenvalue weighted by Gasteiger charge is -2.23. The Morgan fingerprint density at radius 1 is 1.15 bits per heavy atom. The van der Waals surface area contributed by atoms with Crippen LogP contribution in [0.3, 0.4) is 0 Å². The van der Waals surface area contributed by atoms with Gasteiger partial charge in [0.2, 0.25) is 0 Å². The molecule has 3 aromatic rings. The number of hydrogen-bond donors (Lipinski definition) is 1. The maximum absolute atomic E-state index is 13.6. The number of ketones is 1. The molecule has 1 unspecified atom stereocenters. The molecule has 33 heavy (non-hydrogen) atoms. The molecule has 10 heteroatoms. The topological polar surface area (TPSA) is 96.8 Å². The van der Waals surface area contributed by atoms with E-state index in [0.29, 0.717) is 16.3 Å². The molecule has 7 nitrogen and oxygen atoms in total. The summed E-state index contributed by atoms with van der Waals surface area (Å²) in [6.45, 7) is 1.57. The number of aryl methyl sites for hydroxylation is 1. The minimum absolute atomic E-state index is 0.0690. The summed E-state index contributed by atoms with van der Waals surface area (Å²) in [6.07, 6.45) is 0. The first kappa shape index (κ1) is 22.6. The third-order valence-electron chi connectivity index (χ3n) is 5.11. The fourth-order valence-corrected chi connectivity index (χ4v) is 4.66. The number of Topliss-reactive ketones (excluding diaryl/α,β-unsaturated/α-hetero) is 1. The van der Waals surface area contributed by atoms with E-state index in [0.717, 1.165) is 16.2 Å². The van der Waals surface area contributed by atoms with Gasteiger partial charge in [-0.25, -0.2) is 14.2 Å². The van der Waals surface area contributed by atoms with Crippen molar-refractivity contribution in [1.29, 1.82) is 0 Å². The molecular formula is C23H16ClFN2O5S. The number of aliphatic hydroxyl groups is 1. The highest BCUT2D eigenvalue weighted by Crippen LogP contribution is 2.44. The highest BCUT2D eigenvalue weighted by Gasteiger charge is 2.48. The van der Waals surface area contributed by atoms with Gasteiger partial charge in [-0.2, -0.15) is 0 Å². The van der Waals surface area contributed by atoms with E-state index >= 15 is 0 Å². The van der Waals surface area contributed by atoms with Gasteiger partial charge in [0.05, 0.1) is 24.4 Å². The number of thiazole rings is 1. The van der Waals surface area contributed by atoms with E-state index in [-0.39, 0.29) is 21.1 Å². The molecular weight excluding hydrogens is 471 g/mol. The van der Waals surface area contributed by atoms with Crippen LogP contribution in [0.15, 0.2) is 54.1 Å². The van der Waals surface area contributed by atoms with Crippen molar-refractivity contribution in [1.82, 2.24) is 4.98 Å². The average Bonchev–Trinajstić information content (AvgIpc) is 3.31. The molecule has 1 amide bonds. The normalized spacial score (nSPS) is 17.5. The van der Waals surface area contributed by atoms with Crippen molar-refractivity contribution in [2.45, 2.75) is 13.0 Å². The van der Waals surface area contributed by atoms with Gasteiger partial charge in [0.25, 0.3) is 5.78 Å². The van der Waals surface area contributed by atoms with E-state index in [9.17, 15) is 23.9 Å². The number of aliphatic hydroxyl groups excluding tert-OH is 1. The number of halogens is 2. The minimum Gasteiger partial charge on any atom is -0.507 e. The molecule has 0 aliphatic carbocycles. The molecule has 1 atom stereocenters. The monoisotopic (exact) mass is 486 g/mol. The SMILES string of the molecule is COC(=O)c1sc(N2C(=O)C(=O)/C(=C(\O)c3ccc(Cl)cc3)C2c2ccc(F)cc2)nc1C. The van der Waals surface area contributed by atoms with Crippen LogP contribution in [0, 0.1) is 12.7 Å². The predicted octanol–water partition coefficient (Wildman–Crippen LogP) is 4.66. The molecule has 0 saturated carbocycles. The fraction of sp³-hybridized carbons (Fsp3) is 0.130. The molecule has 4 rings (SSSR count). The van der Waals surface area contributed by atoms with Gasteiger partial charge in [-0.3, -0.25) is 14.5 Å². The van der Waals surface area contributed by atoms with Crippen molar-refractivity contribution in [2.75, 3.05) is 12.0 Å². The number of ether oxygens (including phenoxy) is 1. The zero-order valence-corrected chi connectivity index (χ0v) is 18.9. The second kappa shape index (κ2) is 8.76. The van der Waals surface area contributed by atoms with Crippen LogP contribution in [0.4, 0.5) is 9.52 Å². The van der Waals surface area contributed by atoms with Crippen molar-refractivity contribution in [3.8, 4) is 0 Å². The summed E-state index contributed by atoms with van der Waals surface area (Å²) in [4.78, 5) is 43.8. The van der Waals surface area contributed by atoms with Crippen molar-refractivity contribution in [2.24, 2.45) is 0 Å². The zero-order valence-electron chi connectivity index (χ0n) is 17.3. The summed E-state index contributed by atoms with van der Waals surface area (Å²) in [7, 11) is 1.22. The van der Waals surface area contributed by atoms with E-state index in [4.69, 9.17) is 16.3 Å². The molecule has 1 aliphatic rings. The van der Waals surface area contributed by atoms with Crippen LogP contribution >= 0.6 is 22.9 Å². The van der Waals surface area contributed by atoms with Gasteiger partial charge in [-0.1, -0.05) is 35.1 Å². The Morgan fingerprint density at radius 2 is 1.79 bits per heavy atom. The number of carbonyl (C=O) groups excluding carboxylic acids is 3. The number of esters is 1. The molecule has 1 aromatic heterocycles. The second-order valence-corrected chi connectivity index (χ2v) is 8.54. The molecule has 1 N–H and O–H groups in total. The van der Waals surface area contributed by atoms with Crippen LogP contribution in [0.2, 0.25) is 5.02 Å². The smallest absolute Gasteiger partial charge is 0.350 e. The van der Waals surface area contributed by atoms with Crippen molar-refractivity contribution < 1.29 is 28.6 Å². The molecule has 1 aliphatic heterocycles. The summed E-state index contributed by atoms with van der Waals surface area (Å²) < 4.78 is 18.4. The lowest BCUT2D eigenvalue weighted by Crippen LogP contribution is -2.29. The van der Waals surface area contributed by atoms with Crippen molar-refractivity contribution in [3.05, 3.63) is 86.6 Å². The Hall–Kier alpha value is -3.56. The van der Waals surface area contributed by atoms with Gasteiger partial charge in [0.1, 0.15) is 16.5 Å². The van der Waals surface area contributed by atoms with Gasteiger partial charge in [0.15, 0.2) is 5.13 Å². The van der Waals surface area contributed by atoms with Crippen LogP contribution in [-0.2, 0) is 14.3 Å². The number of hydrogen-bond acceptors (Lipinski definition) is 7. The van der Waals surface area contributed by atoms with E-state index < -0.39 is 35.3 Å². The first-order valence-corrected chi connectivity index (χ1v) is 10.8. The van der Waals surface area contributed by atoms with Gasteiger partial charge in [-0.05, 0) is 48.9 Å². The maximum Gasteiger partial charge on any atom is 0.350 e. The first-order valence-electron chi connectivity index (χ1n) is 9.61. The Kier molecular flexibility index (Phi) is 6.01. The number of benzene rings is 2. The summed E-state index contributed by atoms with van der Waals surface area (Å²) in [5.41, 5.74) is 0.773. The Balaban J connectivity index is 1.93. The molecule has 2 aromatic carbocycles. The van der Waals surface area contributed by atoms with Crippen LogP contribution < -0.4 is 4.90 Å².